The van der Waals surface area contributed by atoms with Crippen LogP contribution in [0.1, 0.15) is 64.5 Å². The van der Waals surface area contributed by atoms with E-state index in [0.717, 1.165) is 48.5 Å². The SMILES string of the molecule is CCn1cncc1Cn1c(CN2CCCC(c3nccc(OCc4ccc(C#N)cc4F)n3)C2)nc2ccc(C(=O)O)cc21. The molecule has 224 valence electrons. The molecule has 11 nitrogen and oxygen atoms in total. The van der Waals surface area contributed by atoms with Crippen molar-refractivity contribution in [2.24, 2.45) is 0 Å². The zero-order valence-electron chi connectivity index (χ0n) is 24.2. The maximum atomic E-state index is 14.3. The third-order valence-electron chi connectivity index (χ3n) is 7.98. The number of carbonyl (C=O) groups is 1. The normalized spacial score (nSPS) is 15.3. The first-order valence-corrected chi connectivity index (χ1v) is 14.5. The highest BCUT2D eigenvalue weighted by Gasteiger charge is 2.26. The van der Waals surface area contributed by atoms with E-state index in [-0.39, 0.29) is 23.7 Å². The van der Waals surface area contributed by atoms with E-state index in [1.54, 1.807) is 48.9 Å². The second kappa shape index (κ2) is 12.6. The summed E-state index contributed by atoms with van der Waals surface area (Å²) in [5.41, 5.74) is 3.33. The van der Waals surface area contributed by atoms with Crippen LogP contribution in [-0.4, -0.2) is 58.1 Å². The van der Waals surface area contributed by atoms with Crippen LogP contribution in [0.3, 0.4) is 0 Å². The number of imidazole rings is 2. The smallest absolute Gasteiger partial charge is 0.335 e. The van der Waals surface area contributed by atoms with Gasteiger partial charge in [0.25, 0.3) is 0 Å². The topological polar surface area (TPSA) is 135 Å². The predicted molar refractivity (Wildman–Crippen MR) is 158 cm³/mol. The maximum absolute atomic E-state index is 14.3. The summed E-state index contributed by atoms with van der Waals surface area (Å²) in [6, 6.07) is 12.9. The van der Waals surface area contributed by atoms with Crippen molar-refractivity contribution >= 4 is 17.0 Å². The lowest BCUT2D eigenvalue weighted by atomic mass is 9.97. The Labute approximate surface area is 253 Å². The largest absolute Gasteiger partial charge is 0.478 e. The van der Waals surface area contributed by atoms with E-state index in [2.05, 4.69) is 35.9 Å². The number of rotatable bonds is 10. The number of aromatic nitrogens is 6. The van der Waals surface area contributed by atoms with Gasteiger partial charge in [0, 0.05) is 43.0 Å². The number of carboxylic acid groups (broad SMARTS) is 1. The van der Waals surface area contributed by atoms with E-state index >= 15 is 0 Å². The van der Waals surface area contributed by atoms with Crippen LogP contribution < -0.4 is 4.74 Å². The van der Waals surface area contributed by atoms with Gasteiger partial charge in [0.1, 0.15) is 24.1 Å². The number of carboxylic acids is 1. The van der Waals surface area contributed by atoms with Crippen molar-refractivity contribution < 1.29 is 19.0 Å². The fraction of sp³-hybridized carbons (Fsp3) is 0.312. The molecule has 12 heteroatoms. The molecule has 1 unspecified atom stereocenters. The second-order valence-electron chi connectivity index (χ2n) is 10.8. The van der Waals surface area contributed by atoms with E-state index < -0.39 is 11.8 Å². The zero-order chi connectivity index (χ0) is 30.6. The molecule has 0 amide bonds. The van der Waals surface area contributed by atoms with Crippen molar-refractivity contribution in [2.75, 3.05) is 13.1 Å². The maximum Gasteiger partial charge on any atom is 0.335 e. The fourth-order valence-corrected chi connectivity index (χ4v) is 5.66. The molecule has 6 rings (SSSR count). The Morgan fingerprint density at radius 3 is 2.86 bits per heavy atom. The van der Waals surface area contributed by atoms with Crippen LogP contribution in [0.4, 0.5) is 4.39 Å². The van der Waals surface area contributed by atoms with Gasteiger partial charge in [-0.2, -0.15) is 10.2 Å². The highest BCUT2D eigenvalue weighted by molar-refractivity contribution is 5.92. The zero-order valence-corrected chi connectivity index (χ0v) is 24.2. The number of ether oxygens (including phenoxy) is 1. The summed E-state index contributed by atoms with van der Waals surface area (Å²) in [7, 11) is 0. The van der Waals surface area contributed by atoms with Gasteiger partial charge in [0.15, 0.2) is 0 Å². The Bertz CT molecular complexity index is 1860. The van der Waals surface area contributed by atoms with Crippen molar-refractivity contribution in [3.05, 3.63) is 101 Å². The molecule has 3 aromatic heterocycles. The van der Waals surface area contributed by atoms with Crippen LogP contribution in [0.25, 0.3) is 11.0 Å². The summed E-state index contributed by atoms with van der Waals surface area (Å²) in [5, 5.41) is 18.6. The molecular formula is C32H31FN8O3. The molecule has 0 spiro atoms. The first kappa shape index (κ1) is 28.9. The molecule has 1 aliphatic rings. The van der Waals surface area contributed by atoms with Gasteiger partial charge in [0.2, 0.25) is 5.88 Å². The van der Waals surface area contributed by atoms with Gasteiger partial charge in [0.05, 0.1) is 53.3 Å². The number of hydrogen-bond donors (Lipinski definition) is 1. The number of fused-ring (bicyclic) bond motifs is 1. The van der Waals surface area contributed by atoms with Gasteiger partial charge in [-0.3, -0.25) is 4.90 Å². The van der Waals surface area contributed by atoms with Gasteiger partial charge < -0.3 is 19.0 Å². The molecule has 0 saturated carbocycles. The average molecular weight is 595 g/mol. The van der Waals surface area contributed by atoms with Crippen LogP contribution in [0.15, 0.2) is 61.2 Å². The van der Waals surface area contributed by atoms with Crippen LogP contribution >= 0.6 is 0 Å². The minimum absolute atomic E-state index is 0.0124. The minimum atomic E-state index is -0.980. The molecule has 0 aliphatic carbocycles. The fourth-order valence-electron chi connectivity index (χ4n) is 5.66. The predicted octanol–water partition coefficient (Wildman–Crippen LogP) is 4.76. The third kappa shape index (κ3) is 6.14. The van der Waals surface area contributed by atoms with E-state index in [1.807, 2.05) is 12.3 Å². The Morgan fingerprint density at radius 1 is 1.18 bits per heavy atom. The molecule has 44 heavy (non-hydrogen) atoms. The lowest BCUT2D eigenvalue weighted by Crippen LogP contribution is -2.35. The summed E-state index contributed by atoms with van der Waals surface area (Å²) in [4.78, 5) is 32.5. The molecule has 2 aromatic carbocycles. The minimum Gasteiger partial charge on any atom is -0.478 e. The van der Waals surface area contributed by atoms with Crippen LogP contribution in [0.2, 0.25) is 0 Å². The monoisotopic (exact) mass is 594 g/mol. The Morgan fingerprint density at radius 2 is 2.07 bits per heavy atom. The molecular weight excluding hydrogens is 563 g/mol. The number of aryl methyl sites for hydroxylation is 1. The van der Waals surface area contributed by atoms with Crippen molar-refractivity contribution in [1.82, 2.24) is 34.0 Å². The number of nitrogens with zero attached hydrogens (tertiary/aromatic N) is 8. The number of benzene rings is 2. The number of piperidine rings is 1. The van der Waals surface area contributed by atoms with Gasteiger partial charge in [-0.15, -0.1) is 0 Å². The van der Waals surface area contributed by atoms with E-state index in [9.17, 15) is 14.3 Å². The van der Waals surface area contributed by atoms with Gasteiger partial charge in [-0.1, -0.05) is 6.07 Å². The molecule has 1 N–H and O–H groups in total. The summed E-state index contributed by atoms with van der Waals surface area (Å²) in [6.07, 6.45) is 7.14. The molecule has 4 heterocycles. The number of nitriles is 1. The highest BCUT2D eigenvalue weighted by Crippen LogP contribution is 2.28. The lowest BCUT2D eigenvalue weighted by molar-refractivity contribution is 0.0697. The average Bonchev–Trinajstić information content (AvgIpc) is 3.64. The summed E-state index contributed by atoms with van der Waals surface area (Å²) in [5.74, 6) is 0.460. The van der Waals surface area contributed by atoms with Crippen LogP contribution in [0, 0.1) is 17.1 Å². The Hall–Kier alpha value is -5.15. The number of hydrogen-bond acceptors (Lipinski definition) is 8. The first-order valence-electron chi connectivity index (χ1n) is 14.5. The quantitative estimate of drug-likeness (QED) is 0.243. The van der Waals surface area contributed by atoms with E-state index in [0.29, 0.717) is 36.9 Å². The summed E-state index contributed by atoms with van der Waals surface area (Å²) in [6.45, 7) is 5.50. The Balaban J connectivity index is 1.20. The molecule has 1 aliphatic heterocycles. The second-order valence-corrected chi connectivity index (χ2v) is 10.8. The Kier molecular flexibility index (Phi) is 8.29. The van der Waals surface area contributed by atoms with Gasteiger partial charge >= 0.3 is 5.97 Å². The van der Waals surface area contributed by atoms with Crippen molar-refractivity contribution in [2.45, 2.75) is 51.9 Å². The molecule has 0 radical (unpaired) electrons. The number of aromatic carboxylic acids is 1. The van der Waals surface area contributed by atoms with Gasteiger partial charge in [-0.25, -0.2) is 24.1 Å². The van der Waals surface area contributed by atoms with Crippen LogP contribution in [-0.2, 0) is 26.2 Å². The number of likely N-dealkylation sites (tertiary alicyclic amines) is 1. The first-order chi connectivity index (χ1) is 21.4. The highest BCUT2D eigenvalue weighted by atomic mass is 19.1. The van der Waals surface area contributed by atoms with E-state index in [4.69, 9.17) is 15.0 Å². The molecule has 0 bridgehead atoms. The van der Waals surface area contributed by atoms with Gasteiger partial charge in [-0.05, 0) is 56.6 Å². The van der Waals surface area contributed by atoms with Crippen molar-refractivity contribution in [1.29, 1.82) is 5.26 Å². The summed E-state index contributed by atoms with van der Waals surface area (Å²) >= 11 is 0. The van der Waals surface area contributed by atoms with Crippen LogP contribution in [0.5, 0.6) is 5.88 Å². The van der Waals surface area contributed by atoms with Crippen molar-refractivity contribution in [3.63, 3.8) is 0 Å². The van der Waals surface area contributed by atoms with Crippen molar-refractivity contribution in [3.8, 4) is 11.9 Å². The molecule has 1 saturated heterocycles. The summed E-state index contributed by atoms with van der Waals surface area (Å²) < 4.78 is 24.3. The lowest BCUT2D eigenvalue weighted by Gasteiger charge is -2.31. The molecule has 1 atom stereocenters. The third-order valence-corrected chi connectivity index (χ3v) is 7.98. The van der Waals surface area contributed by atoms with E-state index in [1.165, 1.54) is 6.07 Å². The number of halogens is 1. The standard InChI is InChI=1S/C32H31FN8O3/c1-2-40-20-35-15-25(40)17-41-28-13-22(32(42)43)7-8-27(28)37-29(41)18-39-11-3-4-23(16-39)31-36-10-9-30(38-31)44-19-24-6-5-21(14-34)12-26(24)33/h5-10,12-13,15,20,23H,2-4,11,16-19H2,1H3,(H,42,43). The molecule has 5 aromatic rings. The molecule has 1 fully saturated rings.